The van der Waals surface area contributed by atoms with Crippen LogP contribution in [0, 0.1) is 10.1 Å². The molecule has 1 heterocycles. The second-order valence-electron chi connectivity index (χ2n) is 6.58. The summed E-state index contributed by atoms with van der Waals surface area (Å²) in [7, 11) is 1.21. The summed E-state index contributed by atoms with van der Waals surface area (Å²) in [6, 6.07) is 7.61. The molecule has 0 spiro atoms. The van der Waals surface area contributed by atoms with Gasteiger partial charge < -0.3 is 14.8 Å². The maximum absolute atomic E-state index is 13.0. The minimum atomic E-state index is -4.58. The predicted octanol–water partition coefficient (Wildman–Crippen LogP) is 4.26. The Kier molecular flexibility index (Phi) is 7.05. The van der Waals surface area contributed by atoms with Crippen LogP contribution >= 0.6 is 11.6 Å². The zero-order valence-electron chi connectivity index (χ0n) is 17.1. The molecule has 0 aliphatic rings. The van der Waals surface area contributed by atoms with Gasteiger partial charge in [0.25, 0.3) is 11.6 Å². The Bertz CT molecular complexity index is 1260. The molecule has 0 saturated carbocycles. The summed E-state index contributed by atoms with van der Waals surface area (Å²) in [5, 5.41) is 17.1. The average molecular weight is 499 g/mol. The number of hydrogen-bond acceptors (Lipinski definition) is 7. The Morgan fingerprint density at radius 2 is 1.97 bits per heavy atom. The van der Waals surface area contributed by atoms with Crippen LogP contribution in [0.2, 0.25) is 5.02 Å². The van der Waals surface area contributed by atoms with Crippen LogP contribution in [-0.2, 0) is 15.7 Å². The van der Waals surface area contributed by atoms with E-state index in [-0.39, 0.29) is 33.5 Å². The van der Waals surface area contributed by atoms with Crippen LogP contribution in [0.15, 0.2) is 48.7 Å². The fourth-order valence-electron chi connectivity index (χ4n) is 2.71. The minimum Gasteiger partial charge on any atom is -0.493 e. The first-order chi connectivity index (χ1) is 16.0. The molecule has 2 aromatic carbocycles. The van der Waals surface area contributed by atoms with Crippen LogP contribution in [0.1, 0.15) is 16.1 Å². The standard InChI is InChI=1S/C20H14ClF3N4O6/c1-33-16-9-27(12-4-2-3-11(7-12)20(22,23)24)26-18(16)19(30)34-10-17(29)25-15-8-13(28(31)32)5-6-14(15)21/h2-9H,10H2,1H3,(H,25,29). The van der Waals surface area contributed by atoms with Gasteiger partial charge in [0.1, 0.15) is 0 Å². The molecule has 0 saturated heterocycles. The highest BCUT2D eigenvalue weighted by Gasteiger charge is 2.31. The molecule has 0 aliphatic heterocycles. The molecule has 34 heavy (non-hydrogen) atoms. The van der Waals surface area contributed by atoms with Crippen LogP contribution in [0.5, 0.6) is 5.75 Å². The predicted molar refractivity (Wildman–Crippen MR) is 112 cm³/mol. The molecule has 1 aromatic heterocycles. The van der Waals surface area contributed by atoms with E-state index in [4.69, 9.17) is 21.1 Å². The number of nitro benzene ring substituents is 1. The Hall–Kier alpha value is -4.13. The molecular weight excluding hydrogens is 485 g/mol. The molecule has 0 fully saturated rings. The summed E-state index contributed by atoms with van der Waals surface area (Å²) in [6.07, 6.45) is -3.40. The van der Waals surface area contributed by atoms with Crippen LogP contribution in [0.25, 0.3) is 5.69 Å². The summed E-state index contributed by atoms with van der Waals surface area (Å²) < 4.78 is 49.8. The summed E-state index contributed by atoms with van der Waals surface area (Å²) in [5.74, 6) is -2.06. The lowest BCUT2D eigenvalue weighted by Crippen LogP contribution is -2.21. The van der Waals surface area contributed by atoms with E-state index < -0.39 is 35.1 Å². The third-order valence-electron chi connectivity index (χ3n) is 4.30. The van der Waals surface area contributed by atoms with Gasteiger partial charge in [-0.2, -0.15) is 18.3 Å². The molecule has 0 unspecified atom stereocenters. The number of non-ortho nitro benzene ring substituents is 1. The summed E-state index contributed by atoms with van der Waals surface area (Å²) in [5.41, 5.74) is -1.68. The van der Waals surface area contributed by atoms with Crippen molar-refractivity contribution in [3.8, 4) is 11.4 Å². The van der Waals surface area contributed by atoms with E-state index in [0.29, 0.717) is 0 Å². The number of carbonyl (C=O) groups excluding carboxylic acids is 2. The Morgan fingerprint density at radius 3 is 2.62 bits per heavy atom. The highest BCUT2D eigenvalue weighted by atomic mass is 35.5. The van der Waals surface area contributed by atoms with Crippen LogP contribution in [-0.4, -0.2) is 40.3 Å². The molecular formula is C20H14ClF3N4O6. The molecule has 10 nitrogen and oxygen atoms in total. The van der Waals surface area contributed by atoms with Gasteiger partial charge in [-0.3, -0.25) is 14.9 Å². The van der Waals surface area contributed by atoms with Gasteiger partial charge in [-0.1, -0.05) is 17.7 Å². The topological polar surface area (TPSA) is 126 Å². The molecule has 1 amide bonds. The SMILES string of the molecule is COc1cn(-c2cccc(C(F)(F)F)c2)nc1C(=O)OCC(=O)Nc1cc([N+](=O)[O-])ccc1Cl. The van der Waals surface area contributed by atoms with Crippen molar-refractivity contribution >= 4 is 34.9 Å². The maximum atomic E-state index is 13.0. The van der Waals surface area contributed by atoms with Gasteiger partial charge >= 0.3 is 12.1 Å². The first kappa shape index (κ1) is 24.5. The van der Waals surface area contributed by atoms with E-state index in [1.54, 1.807) is 0 Å². The molecule has 3 aromatic rings. The van der Waals surface area contributed by atoms with E-state index in [0.717, 1.165) is 28.9 Å². The zero-order valence-corrected chi connectivity index (χ0v) is 17.9. The number of aromatic nitrogens is 2. The number of hydrogen-bond donors (Lipinski definition) is 1. The van der Waals surface area contributed by atoms with Crippen molar-refractivity contribution in [3.63, 3.8) is 0 Å². The van der Waals surface area contributed by atoms with Crippen molar-refractivity contribution in [3.05, 3.63) is 75.1 Å². The maximum Gasteiger partial charge on any atom is 0.416 e. The monoisotopic (exact) mass is 498 g/mol. The lowest BCUT2D eigenvalue weighted by atomic mass is 10.2. The van der Waals surface area contributed by atoms with Crippen molar-refractivity contribution in [1.82, 2.24) is 9.78 Å². The molecule has 0 atom stereocenters. The number of benzene rings is 2. The van der Waals surface area contributed by atoms with Gasteiger partial charge in [-0.15, -0.1) is 0 Å². The number of halogens is 4. The normalized spacial score (nSPS) is 11.1. The molecule has 1 N–H and O–H groups in total. The van der Waals surface area contributed by atoms with Crippen LogP contribution < -0.4 is 10.1 Å². The number of ether oxygens (including phenoxy) is 2. The van der Waals surface area contributed by atoms with Crippen molar-refractivity contribution < 1.29 is 37.2 Å². The number of nitro groups is 1. The van der Waals surface area contributed by atoms with Crippen LogP contribution in [0.4, 0.5) is 24.5 Å². The number of carbonyl (C=O) groups is 2. The molecule has 14 heteroatoms. The Morgan fingerprint density at radius 1 is 1.24 bits per heavy atom. The van der Waals surface area contributed by atoms with Gasteiger partial charge in [-0.05, 0) is 24.3 Å². The molecule has 0 radical (unpaired) electrons. The van der Waals surface area contributed by atoms with Gasteiger partial charge in [0.15, 0.2) is 12.4 Å². The van der Waals surface area contributed by atoms with Gasteiger partial charge in [0, 0.05) is 12.1 Å². The number of nitrogens with zero attached hydrogens (tertiary/aromatic N) is 3. The van der Waals surface area contributed by atoms with Crippen molar-refractivity contribution in [2.24, 2.45) is 0 Å². The van der Waals surface area contributed by atoms with Crippen molar-refractivity contribution in [2.45, 2.75) is 6.18 Å². The summed E-state index contributed by atoms with van der Waals surface area (Å²) in [4.78, 5) is 34.7. The third kappa shape index (κ3) is 5.61. The highest BCUT2D eigenvalue weighted by molar-refractivity contribution is 6.33. The number of esters is 1. The number of rotatable bonds is 7. The van der Waals surface area contributed by atoms with Crippen molar-refractivity contribution in [2.75, 3.05) is 19.0 Å². The fraction of sp³-hybridized carbons (Fsp3) is 0.150. The zero-order chi connectivity index (χ0) is 25.0. The highest BCUT2D eigenvalue weighted by Crippen LogP contribution is 2.31. The van der Waals surface area contributed by atoms with E-state index in [1.807, 2.05) is 0 Å². The van der Waals surface area contributed by atoms with Crippen molar-refractivity contribution in [1.29, 1.82) is 0 Å². The second kappa shape index (κ2) is 9.79. The van der Waals surface area contributed by atoms with Gasteiger partial charge in [-0.25, -0.2) is 9.48 Å². The quantitative estimate of drug-likeness (QED) is 0.293. The van der Waals surface area contributed by atoms with Gasteiger partial charge in [0.2, 0.25) is 5.69 Å². The number of nitrogens with one attached hydrogen (secondary N) is 1. The van der Waals surface area contributed by atoms with E-state index in [1.165, 1.54) is 31.5 Å². The van der Waals surface area contributed by atoms with E-state index in [9.17, 15) is 32.9 Å². The second-order valence-corrected chi connectivity index (χ2v) is 6.99. The lowest BCUT2D eigenvalue weighted by molar-refractivity contribution is -0.384. The van der Waals surface area contributed by atoms with E-state index in [2.05, 4.69) is 10.4 Å². The minimum absolute atomic E-state index is 0.00484. The Labute approximate surface area is 194 Å². The van der Waals surface area contributed by atoms with E-state index >= 15 is 0 Å². The molecule has 0 bridgehead atoms. The molecule has 0 aliphatic carbocycles. The first-order valence-corrected chi connectivity index (χ1v) is 9.59. The average Bonchev–Trinajstić information content (AvgIpc) is 3.23. The largest absolute Gasteiger partial charge is 0.493 e. The molecule has 3 rings (SSSR count). The number of methoxy groups -OCH3 is 1. The Balaban J connectivity index is 1.72. The number of alkyl halides is 3. The summed E-state index contributed by atoms with van der Waals surface area (Å²) >= 11 is 5.90. The first-order valence-electron chi connectivity index (χ1n) is 9.22. The summed E-state index contributed by atoms with van der Waals surface area (Å²) in [6.45, 7) is -0.808. The smallest absolute Gasteiger partial charge is 0.416 e. The lowest BCUT2D eigenvalue weighted by Gasteiger charge is -2.08. The van der Waals surface area contributed by atoms with Crippen LogP contribution in [0.3, 0.4) is 0 Å². The van der Waals surface area contributed by atoms with Gasteiger partial charge in [0.05, 0.1) is 40.2 Å². The third-order valence-corrected chi connectivity index (χ3v) is 4.63. The number of anilines is 1. The molecule has 178 valence electrons. The number of amides is 1. The fourth-order valence-corrected chi connectivity index (χ4v) is 2.88.